The Morgan fingerprint density at radius 2 is 2.08 bits per heavy atom. The van der Waals surface area contributed by atoms with E-state index in [1.807, 2.05) is 10.8 Å². The fraction of sp³-hybridized carbons (Fsp3) is 0.438. The van der Waals surface area contributed by atoms with E-state index in [9.17, 15) is 12.8 Å². The maximum atomic E-state index is 13.0. The summed E-state index contributed by atoms with van der Waals surface area (Å²) in [5.41, 5.74) is -0.442. The lowest BCUT2D eigenvalue weighted by Gasteiger charge is -2.23. The van der Waals surface area contributed by atoms with E-state index in [-0.39, 0.29) is 10.9 Å². The second kappa shape index (κ2) is 5.65. The van der Waals surface area contributed by atoms with Gasteiger partial charge in [0.15, 0.2) is 0 Å². The first kappa shape index (κ1) is 15.7. The molecule has 1 aromatic heterocycles. The Morgan fingerprint density at radius 3 is 2.79 bits per heavy atom. The molecular weight excluding hydrogens is 333 g/mol. The largest absolute Gasteiger partial charge is 0.371 e. The van der Waals surface area contributed by atoms with E-state index >= 15 is 0 Å². The van der Waals surface area contributed by atoms with E-state index in [2.05, 4.69) is 4.98 Å². The lowest BCUT2D eigenvalue weighted by molar-refractivity contribution is 0.0165. The van der Waals surface area contributed by atoms with Crippen molar-refractivity contribution >= 4 is 10.0 Å². The van der Waals surface area contributed by atoms with Crippen molar-refractivity contribution in [1.82, 2.24) is 13.9 Å². The Morgan fingerprint density at radius 1 is 1.29 bits per heavy atom. The monoisotopic (exact) mass is 351 g/mol. The summed E-state index contributed by atoms with van der Waals surface area (Å²) in [5, 5.41) is 0. The molecule has 0 aliphatic carbocycles. The van der Waals surface area contributed by atoms with Gasteiger partial charge in [0.1, 0.15) is 5.82 Å². The third-order valence-corrected chi connectivity index (χ3v) is 6.73. The number of benzene rings is 1. The number of rotatable bonds is 3. The molecule has 2 atom stereocenters. The Balaban J connectivity index is 1.51. The van der Waals surface area contributed by atoms with Crippen LogP contribution in [0.15, 0.2) is 47.9 Å². The molecule has 0 saturated carbocycles. The predicted octanol–water partition coefficient (Wildman–Crippen LogP) is 1.82. The standard InChI is InChI=1S/C16H18FN3O3S/c17-13-1-3-15(4-2-13)24(21,22)20-7-5-16(11-20)9-14(10-23-16)19-8-6-18-12-19/h1-4,6,8,12,14H,5,7,9-11H2/t14-,16-/m0/s1. The van der Waals surface area contributed by atoms with E-state index < -0.39 is 21.4 Å². The normalized spacial score (nSPS) is 28.0. The molecule has 2 aliphatic rings. The van der Waals surface area contributed by atoms with E-state index in [4.69, 9.17) is 4.74 Å². The molecule has 3 heterocycles. The molecule has 1 aromatic carbocycles. The van der Waals surface area contributed by atoms with Crippen molar-refractivity contribution in [1.29, 1.82) is 0 Å². The third-order valence-electron chi connectivity index (χ3n) is 4.87. The van der Waals surface area contributed by atoms with Crippen LogP contribution in [0, 0.1) is 5.82 Å². The van der Waals surface area contributed by atoms with Crippen LogP contribution >= 0.6 is 0 Å². The number of halogens is 1. The number of imidazole rings is 1. The second-order valence-electron chi connectivity index (χ2n) is 6.40. The smallest absolute Gasteiger partial charge is 0.243 e. The van der Waals surface area contributed by atoms with Crippen LogP contribution < -0.4 is 0 Å². The molecule has 128 valence electrons. The summed E-state index contributed by atoms with van der Waals surface area (Å²) < 4.78 is 47.9. The minimum Gasteiger partial charge on any atom is -0.371 e. The molecule has 2 aliphatic heterocycles. The zero-order valence-corrected chi connectivity index (χ0v) is 13.8. The molecule has 0 unspecified atom stereocenters. The average Bonchev–Trinajstić information content (AvgIpc) is 3.30. The van der Waals surface area contributed by atoms with Crippen LogP contribution in [0.4, 0.5) is 4.39 Å². The van der Waals surface area contributed by atoms with Gasteiger partial charge in [-0.25, -0.2) is 17.8 Å². The number of sulfonamides is 1. The van der Waals surface area contributed by atoms with Crippen molar-refractivity contribution in [3.8, 4) is 0 Å². The molecular formula is C16H18FN3O3S. The molecule has 4 rings (SSSR count). The second-order valence-corrected chi connectivity index (χ2v) is 8.34. The number of hydrogen-bond donors (Lipinski definition) is 0. The fourth-order valence-corrected chi connectivity index (χ4v) is 5.07. The van der Waals surface area contributed by atoms with Gasteiger partial charge >= 0.3 is 0 Å². The molecule has 1 spiro atoms. The van der Waals surface area contributed by atoms with Crippen LogP contribution in [-0.2, 0) is 14.8 Å². The third kappa shape index (κ3) is 2.64. The highest BCUT2D eigenvalue weighted by Gasteiger charge is 2.49. The van der Waals surface area contributed by atoms with Gasteiger partial charge in [-0.1, -0.05) is 0 Å². The van der Waals surface area contributed by atoms with Gasteiger partial charge in [-0.05, 0) is 30.7 Å². The maximum Gasteiger partial charge on any atom is 0.243 e. The van der Waals surface area contributed by atoms with Crippen LogP contribution in [-0.4, -0.2) is 47.6 Å². The molecule has 24 heavy (non-hydrogen) atoms. The van der Waals surface area contributed by atoms with Crippen LogP contribution in [0.3, 0.4) is 0 Å². The minimum atomic E-state index is -3.62. The van der Waals surface area contributed by atoms with E-state index in [0.29, 0.717) is 26.1 Å². The zero-order chi connectivity index (χ0) is 16.8. The van der Waals surface area contributed by atoms with Gasteiger partial charge in [-0.15, -0.1) is 0 Å². The van der Waals surface area contributed by atoms with Gasteiger partial charge in [-0.3, -0.25) is 0 Å². The molecule has 0 amide bonds. The van der Waals surface area contributed by atoms with Gasteiger partial charge in [0.2, 0.25) is 10.0 Å². The van der Waals surface area contributed by atoms with Crippen molar-refractivity contribution in [2.75, 3.05) is 19.7 Å². The Labute approximate surface area is 139 Å². The number of ether oxygens (including phenoxy) is 1. The van der Waals surface area contributed by atoms with E-state index in [1.54, 1.807) is 12.5 Å². The number of aromatic nitrogens is 2. The molecule has 0 N–H and O–H groups in total. The highest BCUT2D eigenvalue weighted by Crippen LogP contribution is 2.41. The van der Waals surface area contributed by atoms with Gasteiger partial charge in [0.05, 0.1) is 29.5 Å². The van der Waals surface area contributed by atoms with Crippen molar-refractivity contribution in [2.45, 2.75) is 29.4 Å². The Kier molecular flexibility index (Phi) is 3.70. The molecule has 2 fully saturated rings. The first-order valence-corrected chi connectivity index (χ1v) is 9.30. The minimum absolute atomic E-state index is 0.116. The summed E-state index contributed by atoms with van der Waals surface area (Å²) in [7, 11) is -3.62. The summed E-state index contributed by atoms with van der Waals surface area (Å²) in [5.74, 6) is -0.450. The SMILES string of the molecule is O=S(=O)(c1ccc(F)cc1)N1CC[C@]2(C[C@H](n3ccnc3)CO2)C1. The molecule has 2 aromatic rings. The first-order valence-electron chi connectivity index (χ1n) is 7.86. The van der Waals surface area contributed by atoms with E-state index in [1.165, 1.54) is 28.6 Å². The maximum absolute atomic E-state index is 13.0. The van der Waals surface area contributed by atoms with Crippen molar-refractivity contribution in [3.05, 3.63) is 48.8 Å². The van der Waals surface area contributed by atoms with Gasteiger partial charge in [0.25, 0.3) is 0 Å². The van der Waals surface area contributed by atoms with Gasteiger partial charge in [0, 0.05) is 31.9 Å². The summed E-state index contributed by atoms with van der Waals surface area (Å²) in [6.45, 7) is 1.30. The zero-order valence-electron chi connectivity index (χ0n) is 13.0. The number of nitrogens with zero attached hydrogens (tertiary/aromatic N) is 3. The van der Waals surface area contributed by atoms with Crippen LogP contribution in [0.2, 0.25) is 0 Å². The van der Waals surface area contributed by atoms with Crippen molar-refractivity contribution in [3.63, 3.8) is 0 Å². The summed E-state index contributed by atoms with van der Waals surface area (Å²) in [6, 6.07) is 5.12. The Bertz CT molecular complexity index is 823. The highest BCUT2D eigenvalue weighted by atomic mass is 32.2. The summed E-state index contributed by atoms with van der Waals surface area (Å²) >= 11 is 0. The summed E-state index contributed by atoms with van der Waals surface area (Å²) in [4.78, 5) is 4.17. The topological polar surface area (TPSA) is 64.4 Å². The van der Waals surface area contributed by atoms with Crippen LogP contribution in [0.25, 0.3) is 0 Å². The van der Waals surface area contributed by atoms with Crippen molar-refractivity contribution in [2.24, 2.45) is 0 Å². The molecule has 2 saturated heterocycles. The number of hydrogen-bond acceptors (Lipinski definition) is 4. The molecule has 6 nitrogen and oxygen atoms in total. The molecule has 0 bridgehead atoms. The van der Waals surface area contributed by atoms with E-state index in [0.717, 1.165) is 6.42 Å². The van der Waals surface area contributed by atoms with Crippen molar-refractivity contribution < 1.29 is 17.5 Å². The molecule has 8 heteroatoms. The average molecular weight is 351 g/mol. The fourth-order valence-electron chi connectivity index (χ4n) is 3.55. The Hall–Kier alpha value is -1.77. The summed E-state index contributed by atoms with van der Waals surface area (Å²) in [6.07, 6.45) is 6.81. The van der Waals surface area contributed by atoms with Crippen LogP contribution in [0.1, 0.15) is 18.9 Å². The quantitative estimate of drug-likeness (QED) is 0.846. The molecule has 0 radical (unpaired) electrons. The first-order chi connectivity index (χ1) is 11.5. The van der Waals surface area contributed by atoms with Crippen LogP contribution in [0.5, 0.6) is 0 Å². The van der Waals surface area contributed by atoms with Gasteiger partial charge < -0.3 is 9.30 Å². The lowest BCUT2D eigenvalue weighted by Crippen LogP contribution is -2.35. The predicted molar refractivity (Wildman–Crippen MR) is 84.3 cm³/mol. The van der Waals surface area contributed by atoms with Gasteiger partial charge in [-0.2, -0.15) is 4.31 Å². The highest BCUT2D eigenvalue weighted by molar-refractivity contribution is 7.89. The lowest BCUT2D eigenvalue weighted by atomic mass is 9.97.